The van der Waals surface area contributed by atoms with Crippen molar-refractivity contribution < 1.29 is 9.59 Å². The van der Waals surface area contributed by atoms with Gasteiger partial charge >= 0.3 is 0 Å². The fourth-order valence-corrected chi connectivity index (χ4v) is 5.22. The number of aryl methyl sites for hydroxylation is 2. The number of nitrogens with zero attached hydrogens (tertiary/aromatic N) is 4. The molecule has 154 valence electrons. The maximum atomic E-state index is 13.0. The quantitative estimate of drug-likeness (QED) is 0.801. The number of aromatic nitrogens is 2. The fraction of sp³-hybridized carbons (Fsp3) is 0.522. The first-order valence-electron chi connectivity index (χ1n) is 10.5. The van der Waals surface area contributed by atoms with Gasteiger partial charge in [0.1, 0.15) is 0 Å². The first-order valence-corrected chi connectivity index (χ1v) is 10.5. The van der Waals surface area contributed by atoms with E-state index in [-0.39, 0.29) is 17.9 Å². The van der Waals surface area contributed by atoms with Crippen LogP contribution < -0.4 is 0 Å². The number of rotatable bonds is 4. The van der Waals surface area contributed by atoms with Crippen molar-refractivity contribution in [1.82, 2.24) is 19.6 Å². The molecule has 1 aromatic carbocycles. The number of benzene rings is 1. The van der Waals surface area contributed by atoms with Gasteiger partial charge in [-0.3, -0.25) is 14.3 Å². The molecule has 2 aromatic rings. The van der Waals surface area contributed by atoms with Gasteiger partial charge in [-0.2, -0.15) is 5.10 Å². The molecule has 2 fully saturated rings. The Balaban J connectivity index is 1.45. The van der Waals surface area contributed by atoms with E-state index in [1.165, 1.54) is 11.1 Å². The first kappa shape index (κ1) is 19.7. The van der Waals surface area contributed by atoms with Crippen LogP contribution in [0.2, 0.25) is 0 Å². The van der Waals surface area contributed by atoms with Crippen LogP contribution in [0.3, 0.4) is 0 Å². The molecule has 1 aromatic heterocycles. The molecule has 2 aliphatic rings. The topological polar surface area (TPSA) is 58.4 Å². The Kier molecular flexibility index (Phi) is 5.19. The molecule has 3 heterocycles. The van der Waals surface area contributed by atoms with Crippen LogP contribution in [0.25, 0.3) is 0 Å². The maximum absolute atomic E-state index is 13.0. The second kappa shape index (κ2) is 7.65. The molecule has 0 N–H and O–H groups in total. The zero-order valence-corrected chi connectivity index (χ0v) is 17.8. The highest BCUT2D eigenvalue weighted by molar-refractivity contribution is 5.77. The van der Waals surface area contributed by atoms with Crippen molar-refractivity contribution in [2.24, 2.45) is 18.9 Å². The summed E-state index contributed by atoms with van der Waals surface area (Å²) in [5, 5.41) is 4.46. The van der Waals surface area contributed by atoms with Crippen molar-refractivity contribution in [2.75, 3.05) is 19.6 Å². The van der Waals surface area contributed by atoms with E-state index in [9.17, 15) is 9.59 Å². The van der Waals surface area contributed by atoms with E-state index in [1.807, 2.05) is 46.7 Å². The van der Waals surface area contributed by atoms with Crippen LogP contribution in [-0.2, 0) is 23.1 Å². The van der Waals surface area contributed by atoms with Crippen molar-refractivity contribution in [1.29, 1.82) is 0 Å². The second-order valence-corrected chi connectivity index (χ2v) is 8.52. The van der Waals surface area contributed by atoms with E-state index < -0.39 is 0 Å². The van der Waals surface area contributed by atoms with Crippen molar-refractivity contribution in [3.05, 3.63) is 52.8 Å². The van der Waals surface area contributed by atoms with Gasteiger partial charge in [0.25, 0.3) is 0 Å². The highest BCUT2D eigenvalue weighted by atomic mass is 16.2. The summed E-state index contributed by atoms with van der Waals surface area (Å²) >= 11 is 0. The molecule has 0 bridgehead atoms. The minimum atomic E-state index is 0.0688. The molecule has 4 rings (SSSR count). The summed E-state index contributed by atoms with van der Waals surface area (Å²) in [6, 6.07) is 10.3. The van der Waals surface area contributed by atoms with Crippen molar-refractivity contribution in [3.63, 3.8) is 0 Å². The van der Waals surface area contributed by atoms with Crippen molar-refractivity contribution >= 4 is 11.8 Å². The van der Waals surface area contributed by atoms with Gasteiger partial charge in [-0.15, -0.1) is 0 Å². The zero-order valence-electron chi connectivity index (χ0n) is 17.8. The van der Waals surface area contributed by atoms with Crippen LogP contribution in [0.5, 0.6) is 0 Å². The number of likely N-dealkylation sites (tertiary alicyclic amines) is 2. The Morgan fingerprint density at radius 1 is 1.10 bits per heavy atom. The predicted molar refractivity (Wildman–Crippen MR) is 111 cm³/mol. The average molecular weight is 395 g/mol. The Morgan fingerprint density at radius 3 is 2.45 bits per heavy atom. The standard InChI is InChI=1S/C23H30N4O2/c1-15-20(16(2)25(4)24-15)10-11-22(29)26-12-19-13-27(17(3)28)23(21(19)14-26)18-8-6-5-7-9-18/h5-9,19,21,23H,10-14H2,1-4H3/t19-,21-,23+/m1/s1. The molecule has 3 atom stereocenters. The van der Waals surface area contributed by atoms with E-state index in [0.29, 0.717) is 18.3 Å². The van der Waals surface area contributed by atoms with Crippen LogP contribution in [0.15, 0.2) is 30.3 Å². The average Bonchev–Trinajstić information content (AvgIpc) is 3.32. The molecule has 0 saturated carbocycles. The highest BCUT2D eigenvalue weighted by Crippen LogP contribution is 2.45. The van der Waals surface area contributed by atoms with Crippen LogP contribution in [0, 0.1) is 25.7 Å². The summed E-state index contributed by atoms with van der Waals surface area (Å²) in [5.41, 5.74) is 4.50. The minimum absolute atomic E-state index is 0.0688. The Labute approximate surface area is 172 Å². The largest absolute Gasteiger partial charge is 0.342 e. The molecular formula is C23H30N4O2. The van der Waals surface area contributed by atoms with Crippen LogP contribution in [-0.4, -0.2) is 51.0 Å². The van der Waals surface area contributed by atoms with Gasteiger partial charge in [0.2, 0.25) is 11.8 Å². The van der Waals surface area contributed by atoms with Gasteiger partial charge < -0.3 is 9.80 Å². The summed E-state index contributed by atoms with van der Waals surface area (Å²) in [4.78, 5) is 29.2. The van der Waals surface area contributed by atoms with Crippen LogP contribution in [0.4, 0.5) is 0 Å². The summed E-state index contributed by atoms with van der Waals surface area (Å²) in [5.74, 6) is 0.999. The minimum Gasteiger partial charge on any atom is -0.342 e. The number of hydrogen-bond acceptors (Lipinski definition) is 3. The van der Waals surface area contributed by atoms with Gasteiger partial charge in [0.15, 0.2) is 0 Å². The van der Waals surface area contributed by atoms with E-state index >= 15 is 0 Å². The third-order valence-corrected chi connectivity index (χ3v) is 6.81. The van der Waals surface area contributed by atoms with E-state index in [1.54, 1.807) is 6.92 Å². The Bertz CT molecular complexity index is 920. The van der Waals surface area contributed by atoms with Crippen LogP contribution in [0.1, 0.15) is 41.9 Å². The number of amides is 2. The lowest BCUT2D eigenvalue weighted by molar-refractivity contribution is -0.131. The Morgan fingerprint density at radius 2 is 1.83 bits per heavy atom. The summed E-state index contributed by atoms with van der Waals surface area (Å²) in [6.07, 6.45) is 1.25. The van der Waals surface area contributed by atoms with E-state index in [4.69, 9.17) is 0 Å². The van der Waals surface area contributed by atoms with Crippen molar-refractivity contribution in [3.8, 4) is 0 Å². The molecule has 2 saturated heterocycles. The van der Waals surface area contributed by atoms with Gasteiger partial charge in [-0.05, 0) is 31.4 Å². The van der Waals surface area contributed by atoms with Gasteiger partial charge in [0, 0.05) is 57.6 Å². The molecule has 6 nitrogen and oxygen atoms in total. The van der Waals surface area contributed by atoms with E-state index in [2.05, 4.69) is 24.2 Å². The lowest BCUT2D eigenvalue weighted by Gasteiger charge is -2.29. The number of hydrogen-bond donors (Lipinski definition) is 0. The zero-order chi connectivity index (χ0) is 20.7. The molecule has 2 aliphatic heterocycles. The smallest absolute Gasteiger partial charge is 0.222 e. The lowest BCUT2D eigenvalue weighted by atomic mass is 9.89. The summed E-state index contributed by atoms with van der Waals surface area (Å²) in [6.45, 7) is 7.94. The molecule has 0 spiro atoms. The highest BCUT2D eigenvalue weighted by Gasteiger charge is 2.49. The summed E-state index contributed by atoms with van der Waals surface area (Å²) < 4.78 is 1.89. The van der Waals surface area contributed by atoms with E-state index in [0.717, 1.165) is 37.4 Å². The molecule has 29 heavy (non-hydrogen) atoms. The molecule has 0 radical (unpaired) electrons. The fourth-order valence-electron chi connectivity index (χ4n) is 5.22. The molecular weight excluding hydrogens is 364 g/mol. The molecule has 6 heteroatoms. The number of fused-ring (bicyclic) bond motifs is 1. The third-order valence-electron chi connectivity index (χ3n) is 6.81. The summed E-state index contributed by atoms with van der Waals surface area (Å²) in [7, 11) is 1.94. The molecule has 0 unspecified atom stereocenters. The lowest BCUT2D eigenvalue weighted by Crippen LogP contribution is -2.36. The third kappa shape index (κ3) is 3.56. The van der Waals surface area contributed by atoms with Crippen molar-refractivity contribution in [2.45, 2.75) is 39.7 Å². The van der Waals surface area contributed by atoms with Gasteiger partial charge in [0.05, 0.1) is 11.7 Å². The maximum Gasteiger partial charge on any atom is 0.222 e. The monoisotopic (exact) mass is 394 g/mol. The molecule has 2 amide bonds. The van der Waals surface area contributed by atoms with Crippen LogP contribution >= 0.6 is 0 Å². The SMILES string of the molecule is CC(=O)N1C[C@H]2CN(C(=O)CCc3c(C)nn(C)c3C)C[C@H]2[C@@H]1c1ccccc1. The normalized spacial score (nSPS) is 23.5. The molecule has 0 aliphatic carbocycles. The predicted octanol–water partition coefficient (Wildman–Crippen LogP) is 2.65. The number of carbonyl (C=O) groups is 2. The Hall–Kier alpha value is -2.63. The first-order chi connectivity index (χ1) is 13.9. The van der Waals surface area contributed by atoms with Gasteiger partial charge in [-0.25, -0.2) is 0 Å². The van der Waals surface area contributed by atoms with Gasteiger partial charge in [-0.1, -0.05) is 30.3 Å². The second-order valence-electron chi connectivity index (χ2n) is 8.52. The number of carbonyl (C=O) groups excluding carboxylic acids is 2.